The normalized spacial score (nSPS) is 11.5. The quantitative estimate of drug-likeness (QED) is 0.0255. The van der Waals surface area contributed by atoms with Gasteiger partial charge in [0.15, 0.2) is 34.5 Å². The van der Waals surface area contributed by atoms with Crippen molar-refractivity contribution < 1.29 is 28.4 Å². The zero-order chi connectivity index (χ0) is 44.2. The topological polar surface area (TPSA) is 55.4 Å². The van der Waals surface area contributed by atoms with Crippen molar-refractivity contribution in [2.45, 2.75) is 196 Å². The van der Waals surface area contributed by atoms with Crippen LogP contribution in [0, 0.1) is 3.57 Å². The molecule has 0 bridgehead atoms. The van der Waals surface area contributed by atoms with Gasteiger partial charge in [-0.25, -0.2) is 0 Å². The number of fused-ring (bicyclic) bond motifs is 6. The highest BCUT2D eigenvalue weighted by Gasteiger charge is 2.24. The Kier molecular flexibility index (Phi) is 26.4. The van der Waals surface area contributed by atoms with Crippen molar-refractivity contribution in [3.8, 4) is 34.5 Å². The Hall–Kier alpha value is -2.52. The summed E-state index contributed by atoms with van der Waals surface area (Å²) < 4.78 is 41.4. The van der Waals surface area contributed by atoms with Crippen LogP contribution in [0.25, 0.3) is 32.3 Å². The average Bonchev–Trinajstić information content (AvgIpc) is 3.28. The van der Waals surface area contributed by atoms with Gasteiger partial charge in [0.25, 0.3) is 0 Å². The van der Waals surface area contributed by atoms with Crippen LogP contribution in [-0.4, -0.2) is 39.6 Å². The van der Waals surface area contributed by atoms with Gasteiger partial charge in [0.2, 0.25) is 0 Å². The highest BCUT2D eigenvalue weighted by atomic mass is 127. The van der Waals surface area contributed by atoms with E-state index in [9.17, 15) is 0 Å². The minimum Gasteiger partial charge on any atom is -0.490 e. The van der Waals surface area contributed by atoms with Gasteiger partial charge in [-0.05, 0) is 105 Å². The maximum atomic E-state index is 7.25. The Bertz CT molecular complexity index is 1790. The Morgan fingerprint density at radius 2 is 0.581 bits per heavy atom. The molecule has 0 fully saturated rings. The molecule has 0 saturated carbocycles. The lowest BCUT2D eigenvalue weighted by molar-refractivity contribution is 0.258. The molecule has 0 spiro atoms. The van der Waals surface area contributed by atoms with Crippen molar-refractivity contribution in [2.75, 3.05) is 39.6 Å². The second-order valence-corrected chi connectivity index (χ2v) is 19.6. The fourth-order valence-corrected chi connectivity index (χ4v) is 10.4. The maximum Gasteiger partial charge on any atom is 0.175 e. The third-order valence-corrected chi connectivity index (χ3v) is 14.2. The summed E-state index contributed by atoms with van der Waals surface area (Å²) in [6.07, 6.45) is 27.3. The minimum absolute atomic E-state index is 0.633. The number of benzene rings is 4. The smallest absolute Gasteiger partial charge is 0.175 e. The van der Waals surface area contributed by atoms with Crippen LogP contribution in [0.2, 0.25) is 0 Å². The molecular formula is C54H83ClIO6. The lowest BCUT2D eigenvalue weighted by atomic mass is 9.93. The zero-order valence-corrected chi connectivity index (χ0v) is 42.7. The van der Waals surface area contributed by atoms with Crippen LogP contribution in [0.5, 0.6) is 34.5 Å². The number of rotatable bonds is 37. The van der Waals surface area contributed by atoms with E-state index < -0.39 is 20.1 Å². The predicted octanol–water partition coefficient (Wildman–Crippen LogP) is 18.2. The van der Waals surface area contributed by atoms with Crippen molar-refractivity contribution >= 4 is 61.3 Å². The third-order valence-electron chi connectivity index (χ3n) is 11.8. The summed E-state index contributed by atoms with van der Waals surface area (Å²) >= 11 is -0.975. The molecule has 0 saturated heterocycles. The molecule has 6 nitrogen and oxygen atoms in total. The molecule has 0 N–H and O–H groups in total. The summed E-state index contributed by atoms with van der Waals surface area (Å²) in [6.45, 7) is 17.4. The largest absolute Gasteiger partial charge is 0.490 e. The van der Waals surface area contributed by atoms with E-state index in [2.05, 4.69) is 71.9 Å². The summed E-state index contributed by atoms with van der Waals surface area (Å²) in [7, 11) is 7.25. The van der Waals surface area contributed by atoms with E-state index in [1.807, 2.05) is 0 Å². The van der Waals surface area contributed by atoms with Crippen LogP contribution >= 0.6 is 29.0 Å². The van der Waals surface area contributed by atoms with E-state index in [-0.39, 0.29) is 0 Å². The molecule has 349 valence electrons. The molecule has 0 amide bonds. The van der Waals surface area contributed by atoms with Gasteiger partial charge in [-0.3, -0.25) is 0 Å². The molecule has 0 aromatic heterocycles. The summed E-state index contributed by atoms with van der Waals surface area (Å²) in [5, 5.41) is 6.59. The Labute approximate surface area is 391 Å². The van der Waals surface area contributed by atoms with E-state index >= 15 is 0 Å². The van der Waals surface area contributed by atoms with E-state index in [1.54, 1.807) is 0 Å². The molecule has 0 aliphatic carbocycles. The molecule has 0 unspecified atom stereocenters. The maximum absolute atomic E-state index is 7.25. The summed E-state index contributed by atoms with van der Waals surface area (Å²) in [6, 6.07) is 11.2. The van der Waals surface area contributed by atoms with Gasteiger partial charge in [-0.2, -0.15) is 0 Å². The van der Waals surface area contributed by atoms with Gasteiger partial charge in [-0.1, -0.05) is 157 Å². The third kappa shape index (κ3) is 16.5. The average molecular weight is 991 g/mol. The van der Waals surface area contributed by atoms with Gasteiger partial charge < -0.3 is 28.4 Å². The van der Waals surface area contributed by atoms with Crippen molar-refractivity contribution in [1.29, 1.82) is 0 Å². The lowest BCUT2D eigenvalue weighted by Crippen LogP contribution is -2.06. The monoisotopic (exact) mass is 989 g/mol. The molecule has 8 heteroatoms. The van der Waals surface area contributed by atoms with E-state index in [4.69, 9.17) is 37.3 Å². The number of hydrogen-bond donors (Lipinski definition) is 0. The van der Waals surface area contributed by atoms with Gasteiger partial charge in [0, 0.05) is 25.5 Å². The Balaban J connectivity index is 2.03. The number of hydrogen-bond acceptors (Lipinski definition) is 6. The first kappa shape index (κ1) is 52.1. The number of halogens is 2. The van der Waals surface area contributed by atoms with Gasteiger partial charge in [0.05, 0.1) is 43.2 Å². The molecule has 0 aliphatic heterocycles. The number of unbranched alkanes of at least 4 members (excludes halogenated alkanes) is 18. The highest BCUT2D eigenvalue weighted by Crippen LogP contribution is 2.52. The Morgan fingerprint density at radius 1 is 0.323 bits per heavy atom. The fourth-order valence-electron chi connectivity index (χ4n) is 8.10. The van der Waals surface area contributed by atoms with E-state index in [1.165, 1.54) is 77.0 Å². The minimum atomic E-state index is -0.975. The fraction of sp³-hybridized carbons (Fsp3) is 0.667. The van der Waals surface area contributed by atoms with E-state index in [0.717, 1.165) is 147 Å². The summed E-state index contributed by atoms with van der Waals surface area (Å²) in [5.41, 5.74) is 0. The van der Waals surface area contributed by atoms with Gasteiger partial charge in [0.1, 0.15) is 0 Å². The van der Waals surface area contributed by atoms with Gasteiger partial charge in [-0.15, -0.1) is 0 Å². The molecule has 4 rings (SSSR count). The van der Waals surface area contributed by atoms with Crippen molar-refractivity contribution in [3.05, 3.63) is 33.9 Å². The molecular weight excluding hydrogens is 907 g/mol. The molecule has 0 aliphatic rings. The second-order valence-electron chi connectivity index (χ2n) is 17.2. The second kappa shape index (κ2) is 31.4. The molecule has 0 heterocycles. The predicted molar refractivity (Wildman–Crippen MR) is 275 cm³/mol. The first-order chi connectivity index (χ1) is 30.6. The van der Waals surface area contributed by atoms with Crippen molar-refractivity contribution in [1.82, 2.24) is 0 Å². The van der Waals surface area contributed by atoms with Crippen LogP contribution in [0.1, 0.15) is 196 Å². The summed E-state index contributed by atoms with van der Waals surface area (Å²) in [5.74, 6) is 4.79. The van der Waals surface area contributed by atoms with Crippen LogP contribution in [0.4, 0.5) is 0 Å². The number of ether oxygens (including phenoxy) is 6. The van der Waals surface area contributed by atoms with Crippen molar-refractivity contribution in [2.24, 2.45) is 0 Å². The standard InChI is InChI=1S/C54H83ClIO6/c1-7-13-19-25-31-57-47-37-42-43-38-49(59-33-27-21-15-9-3)50(60-34-28-22-16-10-4)40-45(43)52-46(44(42)39-48(47)58-32-26-20-14-8-2)41-51(61-35-29-23-17-11-5)54(53(52)56-55)62-36-30-24-18-12-6/h37-41H,7-36H2,1-6H3. The molecule has 62 heavy (non-hydrogen) atoms. The molecule has 0 atom stereocenters. The van der Waals surface area contributed by atoms with Crippen LogP contribution in [0.15, 0.2) is 30.3 Å². The lowest BCUT2D eigenvalue weighted by Gasteiger charge is -2.22. The first-order valence-electron chi connectivity index (χ1n) is 25.2. The SMILES string of the molecule is CCCCCCOc1cc2c3cc(OCCCCCC)c(OCCCCCC)cc3c3c([I]Cl)c(OCCCCCC)c(OCCCCCC)cc3c2cc1OCCCCCC. The van der Waals surface area contributed by atoms with Crippen LogP contribution < -0.4 is 28.4 Å². The highest BCUT2D eigenvalue weighted by molar-refractivity contribution is 14.2. The summed E-state index contributed by atoms with van der Waals surface area (Å²) in [4.78, 5) is 0. The molecule has 1 radical (unpaired) electrons. The first-order valence-corrected chi connectivity index (χ1v) is 29.0. The molecule has 4 aromatic rings. The van der Waals surface area contributed by atoms with Crippen LogP contribution in [-0.2, 0) is 0 Å². The van der Waals surface area contributed by atoms with Crippen LogP contribution in [0.3, 0.4) is 0 Å². The van der Waals surface area contributed by atoms with E-state index in [0.29, 0.717) is 39.6 Å². The zero-order valence-electron chi connectivity index (χ0n) is 39.8. The van der Waals surface area contributed by atoms with Crippen molar-refractivity contribution in [3.63, 3.8) is 0 Å². The van der Waals surface area contributed by atoms with Gasteiger partial charge >= 0.3 is 0 Å². The molecule has 4 aromatic carbocycles. The Morgan fingerprint density at radius 3 is 0.887 bits per heavy atom.